The number of hydrogen-bond acceptors (Lipinski definition) is 7. The number of carbonyl (C=O) groups is 3. The summed E-state index contributed by atoms with van der Waals surface area (Å²) >= 11 is 0. The van der Waals surface area contributed by atoms with Crippen LogP contribution in [0.15, 0.2) is 23.8 Å². The maximum Gasteiger partial charge on any atom is 0.160 e. The molecule has 7 heteroatoms. The van der Waals surface area contributed by atoms with Crippen LogP contribution >= 0.6 is 0 Å². The molecule has 0 amide bonds. The second-order valence-electron chi connectivity index (χ2n) is 11.6. The Kier molecular flexibility index (Phi) is 14.1. The predicted octanol–water partition coefficient (Wildman–Crippen LogP) is 5.24. The summed E-state index contributed by atoms with van der Waals surface area (Å²) in [5.74, 6) is 0.683. The molecule has 2 aliphatic rings. The molecule has 1 heterocycles. The number of allylic oxidation sites excluding steroid dienone is 3. The van der Waals surface area contributed by atoms with E-state index in [0.717, 1.165) is 31.1 Å². The fourth-order valence-electron chi connectivity index (χ4n) is 5.79. The fraction of sp³-hybridized carbons (Fsp3) is 0.774. The first kappa shape index (κ1) is 32.5. The first-order chi connectivity index (χ1) is 18.1. The lowest BCUT2D eigenvalue weighted by molar-refractivity contribution is -0.252. The van der Waals surface area contributed by atoms with Crippen LogP contribution in [0.4, 0.5) is 0 Å². The monoisotopic (exact) mass is 534 g/mol. The van der Waals surface area contributed by atoms with E-state index in [9.17, 15) is 19.5 Å². The van der Waals surface area contributed by atoms with E-state index in [4.69, 9.17) is 14.2 Å². The van der Waals surface area contributed by atoms with Gasteiger partial charge in [0.25, 0.3) is 0 Å². The summed E-state index contributed by atoms with van der Waals surface area (Å²) in [6, 6.07) is 0. The number of methoxy groups -OCH3 is 1. The van der Waals surface area contributed by atoms with Crippen molar-refractivity contribution >= 4 is 17.9 Å². The van der Waals surface area contributed by atoms with Gasteiger partial charge in [0, 0.05) is 44.6 Å². The smallest absolute Gasteiger partial charge is 0.160 e. The molecular formula is C31H50O7. The topological polar surface area (TPSA) is 99.1 Å². The van der Waals surface area contributed by atoms with Gasteiger partial charge in [0.1, 0.15) is 18.2 Å². The largest absolute Gasteiger partial charge is 0.388 e. The van der Waals surface area contributed by atoms with Crippen molar-refractivity contribution in [2.45, 2.75) is 111 Å². The third kappa shape index (κ3) is 10.5. The number of ether oxygens (including phenoxy) is 3. The molecule has 9 atom stereocenters. The molecule has 0 aromatic rings. The first-order valence-corrected chi connectivity index (χ1v) is 14.4. The Morgan fingerprint density at radius 2 is 1.87 bits per heavy atom. The summed E-state index contributed by atoms with van der Waals surface area (Å²) in [6.45, 7) is 10.3. The maximum absolute atomic E-state index is 13.0. The maximum atomic E-state index is 13.0. The molecule has 0 saturated carbocycles. The lowest BCUT2D eigenvalue weighted by atomic mass is 9.81. The highest BCUT2D eigenvalue weighted by molar-refractivity contribution is 5.91. The summed E-state index contributed by atoms with van der Waals surface area (Å²) in [5.41, 5.74) is 0.943. The minimum Gasteiger partial charge on any atom is -0.388 e. The highest BCUT2D eigenvalue weighted by atomic mass is 16.7. The zero-order valence-corrected chi connectivity index (χ0v) is 24.3. The number of carbonyl (C=O) groups excluding carboxylic acids is 3. The molecule has 1 fully saturated rings. The quantitative estimate of drug-likeness (QED) is 0.446. The number of Topliss-reactive ketones (excluding diaryl/α,β-unsaturated/α-hetero) is 1. The minimum absolute atomic E-state index is 0.0322. The highest BCUT2D eigenvalue weighted by Crippen LogP contribution is 2.30. The Bertz CT molecular complexity index is 819. The van der Waals surface area contributed by atoms with Crippen molar-refractivity contribution < 1.29 is 33.7 Å². The molecule has 2 rings (SSSR count). The van der Waals surface area contributed by atoms with E-state index in [0.29, 0.717) is 44.6 Å². The van der Waals surface area contributed by atoms with E-state index in [1.165, 1.54) is 0 Å². The fourth-order valence-corrected chi connectivity index (χ4v) is 5.79. The van der Waals surface area contributed by atoms with Crippen molar-refractivity contribution in [1.29, 1.82) is 0 Å². The van der Waals surface area contributed by atoms with E-state index in [1.54, 1.807) is 20.1 Å². The van der Waals surface area contributed by atoms with Gasteiger partial charge in [0.15, 0.2) is 12.1 Å². The highest BCUT2D eigenvalue weighted by Gasteiger charge is 2.36. The van der Waals surface area contributed by atoms with Crippen LogP contribution in [0.3, 0.4) is 0 Å². The van der Waals surface area contributed by atoms with Crippen molar-refractivity contribution in [1.82, 2.24) is 0 Å². The van der Waals surface area contributed by atoms with Gasteiger partial charge >= 0.3 is 0 Å². The van der Waals surface area contributed by atoms with Crippen molar-refractivity contribution in [3.05, 3.63) is 23.8 Å². The molecule has 0 radical (unpaired) electrons. The van der Waals surface area contributed by atoms with Crippen LogP contribution in [0.2, 0.25) is 0 Å². The van der Waals surface area contributed by atoms with Crippen LogP contribution in [0.1, 0.15) is 86.0 Å². The molecule has 1 aliphatic heterocycles. The Balaban J connectivity index is 2.24. The molecule has 1 N–H and O–H groups in total. The third-order valence-corrected chi connectivity index (χ3v) is 8.29. The summed E-state index contributed by atoms with van der Waals surface area (Å²) in [4.78, 5) is 37.1. The summed E-state index contributed by atoms with van der Waals surface area (Å²) < 4.78 is 17.5. The van der Waals surface area contributed by atoms with Gasteiger partial charge < -0.3 is 24.1 Å². The average molecular weight is 535 g/mol. The molecular weight excluding hydrogens is 484 g/mol. The zero-order valence-electron chi connectivity index (χ0n) is 24.3. The van der Waals surface area contributed by atoms with Gasteiger partial charge in [-0.3, -0.25) is 9.59 Å². The molecule has 38 heavy (non-hydrogen) atoms. The molecule has 216 valence electrons. The van der Waals surface area contributed by atoms with Crippen LogP contribution in [-0.4, -0.2) is 61.3 Å². The van der Waals surface area contributed by atoms with Gasteiger partial charge in [0.05, 0.1) is 18.8 Å². The molecule has 0 aromatic heterocycles. The number of aldehydes is 1. The molecule has 0 bridgehead atoms. The van der Waals surface area contributed by atoms with Gasteiger partial charge in [-0.15, -0.1) is 0 Å². The number of rotatable bonds is 7. The predicted molar refractivity (Wildman–Crippen MR) is 147 cm³/mol. The first-order valence-electron chi connectivity index (χ1n) is 14.4. The van der Waals surface area contributed by atoms with Crippen LogP contribution in [-0.2, 0) is 28.6 Å². The standard InChI is InChI=1S/C31H50O7/c1-7-25-17-27(33)10-8-20(2)14-24(12-13-32)16-22(4)28(34)11-9-21(3)15-26(25)19-37-30-18-29(36-6)31(35)23(5)38-30/h9,11,13,15,20,22-26,29-31,35H,7-8,10,12,14,16-19H2,1-6H3/b11-9+,21-15+/t20-,22+,23+,24+,25-,26+,29-,30+,31+/m0/s1. The second-order valence-corrected chi connectivity index (χ2v) is 11.6. The summed E-state index contributed by atoms with van der Waals surface area (Å²) in [6.07, 6.45) is 9.59. The molecule has 1 saturated heterocycles. The van der Waals surface area contributed by atoms with Crippen molar-refractivity contribution in [2.24, 2.45) is 29.6 Å². The number of ketones is 2. The van der Waals surface area contributed by atoms with Gasteiger partial charge in [-0.05, 0) is 56.9 Å². The second kappa shape index (κ2) is 16.4. The lowest BCUT2D eigenvalue weighted by Gasteiger charge is -2.37. The van der Waals surface area contributed by atoms with E-state index in [2.05, 4.69) is 19.9 Å². The van der Waals surface area contributed by atoms with Gasteiger partial charge in [-0.1, -0.05) is 44.9 Å². The van der Waals surface area contributed by atoms with E-state index < -0.39 is 18.5 Å². The van der Waals surface area contributed by atoms with Crippen LogP contribution in [0, 0.1) is 29.6 Å². The molecule has 7 nitrogen and oxygen atoms in total. The Labute approximate surface area is 229 Å². The molecule has 1 aliphatic carbocycles. The third-order valence-electron chi connectivity index (χ3n) is 8.29. The van der Waals surface area contributed by atoms with Crippen LogP contribution in [0.5, 0.6) is 0 Å². The van der Waals surface area contributed by atoms with Crippen molar-refractivity contribution in [3.8, 4) is 0 Å². The minimum atomic E-state index is -0.702. The number of hydrogen-bond donors (Lipinski definition) is 1. The van der Waals surface area contributed by atoms with Crippen LogP contribution in [0.25, 0.3) is 0 Å². The van der Waals surface area contributed by atoms with E-state index in [1.807, 2.05) is 19.9 Å². The summed E-state index contributed by atoms with van der Waals surface area (Å²) in [7, 11) is 1.58. The van der Waals surface area contributed by atoms with Crippen LogP contribution < -0.4 is 0 Å². The Hall–Kier alpha value is -1.67. The normalized spacial score (nSPS) is 38.8. The zero-order chi connectivity index (χ0) is 28.2. The van der Waals surface area contributed by atoms with Crippen molar-refractivity contribution in [2.75, 3.05) is 13.7 Å². The van der Waals surface area contributed by atoms with E-state index in [-0.39, 0.29) is 41.3 Å². The van der Waals surface area contributed by atoms with Gasteiger partial charge in [0.2, 0.25) is 0 Å². The van der Waals surface area contributed by atoms with Gasteiger partial charge in [-0.2, -0.15) is 0 Å². The molecule has 0 unspecified atom stereocenters. The Morgan fingerprint density at radius 3 is 2.53 bits per heavy atom. The Morgan fingerprint density at radius 1 is 1.13 bits per heavy atom. The number of aliphatic hydroxyl groups excluding tert-OH is 1. The lowest BCUT2D eigenvalue weighted by Crippen LogP contribution is -2.48. The number of aliphatic hydroxyl groups is 1. The summed E-state index contributed by atoms with van der Waals surface area (Å²) in [5, 5.41) is 10.3. The van der Waals surface area contributed by atoms with Gasteiger partial charge in [-0.25, -0.2) is 0 Å². The molecule has 0 spiro atoms. The molecule has 0 aromatic carbocycles. The SMILES string of the molecule is CC[C@H]1CC(=O)CC[C@H](C)C[C@@H](CC=O)C[C@@H](C)C(=O)/C=C/C(C)=C/[C@@H]1CO[C@H]1C[C@H](OC)[C@H](O)[C@@H](C)O1. The average Bonchev–Trinajstić information content (AvgIpc) is 2.88. The van der Waals surface area contributed by atoms with Crippen molar-refractivity contribution in [3.63, 3.8) is 0 Å². The van der Waals surface area contributed by atoms with E-state index >= 15 is 0 Å².